The molecule has 94 valence electrons. The van der Waals surface area contributed by atoms with Crippen LogP contribution in [0.5, 0.6) is 0 Å². The molecule has 1 amide bonds. The van der Waals surface area contributed by atoms with Gasteiger partial charge in [-0.2, -0.15) is 5.26 Å². The van der Waals surface area contributed by atoms with Crippen LogP contribution in [0.2, 0.25) is 0 Å². The molecule has 0 aliphatic rings. The smallest absolute Gasteiger partial charge is 0.305 e. The number of carbonyl (C=O) groups excluding carboxylic acids is 1. The minimum atomic E-state index is -1.41. The average Bonchev–Trinajstić information content (AvgIpc) is 2.34. The number of amides is 1. The Balaban J connectivity index is 2.84. The number of hydrogen-bond acceptors (Lipinski definition) is 7. The lowest BCUT2D eigenvalue weighted by molar-refractivity contribution is -0.385. The molecule has 4 N–H and O–H groups in total. The van der Waals surface area contributed by atoms with Gasteiger partial charge in [0.05, 0.1) is 11.5 Å². The molecule has 0 saturated heterocycles. The van der Waals surface area contributed by atoms with Gasteiger partial charge in [0.25, 0.3) is 0 Å². The van der Waals surface area contributed by atoms with Gasteiger partial charge in [0.1, 0.15) is 18.0 Å². The first kappa shape index (κ1) is 13.3. The standard InChI is InChI=1S/C9H9N5O4/c10-3-5-6(14(17)18)1-2-8(13-5)12-4-7(15)9(11)16/h1-2,7,15H,4H2,(H2,11,16)(H,12,13). The van der Waals surface area contributed by atoms with Crippen LogP contribution < -0.4 is 11.1 Å². The van der Waals surface area contributed by atoms with Gasteiger partial charge in [-0.05, 0) is 6.07 Å². The minimum absolute atomic E-state index is 0.123. The number of nitrogens with one attached hydrogen (secondary N) is 1. The second kappa shape index (κ2) is 5.55. The van der Waals surface area contributed by atoms with Crippen molar-refractivity contribution in [2.75, 3.05) is 11.9 Å². The third-order valence-corrected chi connectivity index (χ3v) is 1.98. The largest absolute Gasteiger partial charge is 0.381 e. The maximum atomic E-state index is 10.6. The molecule has 1 aromatic heterocycles. The second-order valence-corrected chi connectivity index (χ2v) is 3.23. The first-order valence-electron chi connectivity index (χ1n) is 4.72. The van der Waals surface area contributed by atoms with E-state index < -0.39 is 22.6 Å². The molecular weight excluding hydrogens is 242 g/mol. The van der Waals surface area contributed by atoms with Crippen molar-refractivity contribution in [1.29, 1.82) is 5.26 Å². The number of nitriles is 1. The Morgan fingerprint density at radius 3 is 2.89 bits per heavy atom. The molecule has 0 saturated carbocycles. The number of primary amides is 1. The average molecular weight is 251 g/mol. The Hall–Kier alpha value is -2.73. The lowest BCUT2D eigenvalue weighted by Gasteiger charge is -2.08. The van der Waals surface area contributed by atoms with Gasteiger partial charge in [0.15, 0.2) is 0 Å². The number of aromatic nitrogens is 1. The van der Waals surface area contributed by atoms with E-state index in [1.807, 2.05) is 0 Å². The Labute approximate surface area is 101 Å². The molecule has 0 aromatic carbocycles. The number of aliphatic hydroxyl groups excluding tert-OH is 1. The summed E-state index contributed by atoms with van der Waals surface area (Å²) in [5, 5.41) is 30.9. The Kier molecular flexibility index (Phi) is 4.11. The minimum Gasteiger partial charge on any atom is -0.381 e. The topological polar surface area (TPSA) is 155 Å². The van der Waals surface area contributed by atoms with Crippen LogP contribution >= 0.6 is 0 Å². The molecule has 1 atom stereocenters. The number of nitrogens with two attached hydrogens (primary N) is 1. The number of carbonyl (C=O) groups is 1. The van der Waals surface area contributed by atoms with Gasteiger partial charge in [-0.3, -0.25) is 14.9 Å². The van der Waals surface area contributed by atoms with Crippen molar-refractivity contribution in [3.63, 3.8) is 0 Å². The fourth-order valence-corrected chi connectivity index (χ4v) is 1.08. The van der Waals surface area contributed by atoms with Crippen LogP contribution in [0.1, 0.15) is 5.69 Å². The zero-order chi connectivity index (χ0) is 13.7. The molecule has 1 aromatic rings. The highest BCUT2D eigenvalue weighted by Crippen LogP contribution is 2.17. The van der Waals surface area contributed by atoms with Crippen molar-refractivity contribution in [2.45, 2.75) is 6.10 Å². The van der Waals surface area contributed by atoms with Crippen molar-refractivity contribution < 1.29 is 14.8 Å². The number of hydrogen-bond donors (Lipinski definition) is 3. The fraction of sp³-hybridized carbons (Fsp3) is 0.222. The monoisotopic (exact) mass is 251 g/mol. The zero-order valence-corrected chi connectivity index (χ0v) is 9.03. The van der Waals surface area contributed by atoms with Gasteiger partial charge in [-0.1, -0.05) is 0 Å². The molecule has 0 aliphatic carbocycles. The molecule has 0 spiro atoms. The summed E-state index contributed by atoms with van der Waals surface area (Å²) in [6, 6.07) is 3.94. The zero-order valence-electron chi connectivity index (χ0n) is 9.03. The van der Waals surface area contributed by atoms with Gasteiger partial charge in [0.2, 0.25) is 11.6 Å². The van der Waals surface area contributed by atoms with E-state index in [2.05, 4.69) is 10.3 Å². The molecule has 0 radical (unpaired) electrons. The molecule has 1 heterocycles. The highest BCUT2D eigenvalue weighted by atomic mass is 16.6. The molecule has 0 bridgehead atoms. The van der Waals surface area contributed by atoms with Crippen molar-refractivity contribution in [2.24, 2.45) is 5.73 Å². The van der Waals surface area contributed by atoms with Crippen LogP contribution in [0.25, 0.3) is 0 Å². The van der Waals surface area contributed by atoms with E-state index in [1.54, 1.807) is 6.07 Å². The number of aliphatic hydroxyl groups is 1. The van der Waals surface area contributed by atoms with Crippen LogP contribution in [-0.2, 0) is 4.79 Å². The van der Waals surface area contributed by atoms with Crippen molar-refractivity contribution in [3.8, 4) is 6.07 Å². The summed E-state index contributed by atoms with van der Waals surface area (Å²) >= 11 is 0. The van der Waals surface area contributed by atoms with Crippen molar-refractivity contribution in [3.05, 3.63) is 27.9 Å². The summed E-state index contributed by atoms with van der Waals surface area (Å²) in [5.74, 6) is -0.789. The quantitative estimate of drug-likeness (QED) is 0.453. The van der Waals surface area contributed by atoms with E-state index in [0.717, 1.165) is 6.07 Å². The first-order chi connectivity index (χ1) is 8.45. The van der Waals surface area contributed by atoms with Crippen LogP contribution in [0.4, 0.5) is 11.5 Å². The summed E-state index contributed by atoms with van der Waals surface area (Å²) in [4.78, 5) is 24.0. The number of nitrogens with zero attached hydrogens (tertiary/aromatic N) is 3. The second-order valence-electron chi connectivity index (χ2n) is 3.23. The van der Waals surface area contributed by atoms with Crippen LogP contribution in [-0.4, -0.2) is 33.6 Å². The maximum Gasteiger partial charge on any atom is 0.305 e. The molecule has 9 nitrogen and oxygen atoms in total. The lowest BCUT2D eigenvalue weighted by atomic mass is 10.3. The van der Waals surface area contributed by atoms with E-state index in [4.69, 9.17) is 16.1 Å². The van der Waals surface area contributed by atoms with Crippen LogP contribution in [0.3, 0.4) is 0 Å². The van der Waals surface area contributed by atoms with Crippen molar-refractivity contribution in [1.82, 2.24) is 4.98 Å². The van der Waals surface area contributed by atoms with E-state index in [0.29, 0.717) is 0 Å². The molecular formula is C9H9N5O4. The predicted octanol–water partition coefficient (Wildman–Crippen LogP) is -0.880. The number of anilines is 1. The molecule has 1 unspecified atom stereocenters. The number of nitro groups is 1. The van der Waals surface area contributed by atoms with Crippen LogP contribution in [0, 0.1) is 21.4 Å². The van der Waals surface area contributed by atoms with E-state index >= 15 is 0 Å². The van der Waals surface area contributed by atoms with Gasteiger partial charge >= 0.3 is 5.69 Å². The van der Waals surface area contributed by atoms with Gasteiger partial charge in [-0.15, -0.1) is 0 Å². The summed E-state index contributed by atoms with van der Waals surface area (Å²) < 4.78 is 0. The third-order valence-electron chi connectivity index (χ3n) is 1.98. The molecule has 0 fully saturated rings. The first-order valence-corrected chi connectivity index (χ1v) is 4.72. The fourth-order valence-electron chi connectivity index (χ4n) is 1.08. The summed E-state index contributed by atoms with van der Waals surface area (Å²) in [6.07, 6.45) is -1.41. The molecule has 1 rings (SSSR count). The number of pyridine rings is 1. The third kappa shape index (κ3) is 3.13. The number of rotatable bonds is 5. The van der Waals surface area contributed by atoms with Crippen LogP contribution in [0.15, 0.2) is 12.1 Å². The van der Waals surface area contributed by atoms with E-state index in [1.165, 1.54) is 6.07 Å². The Morgan fingerprint density at radius 1 is 1.72 bits per heavy atom. The Bertz CT molecular complexity index is 524. The predicted molar refractivity (Wildman–Crippen MR) is 59.3 cm³/mol. The highest BCUT2D eigenvalue weighted by Gasteiger charge is 2.16. The summed E-state index contributed by atoms with van der Waals surface area (Å²) in [7, 11) is 0. The highest BCUT2D eigenvalue weighted by molar-refractivity contribution is 5.79. The van der Waals surface area contributed by atoms with Gasteiger partial charge in [-0.25, -0.2) is 4.98 Å². The Morgan fingerprint density at radius 2 is 2.39 bits per heavy atom. The molecule has 9 heteroatoms. The normalized spacial score (nSPS) is 11.3. The van der Waals surface area contributed by atoms with Gasteiger partial charge < -0.3 is 16.2 Å². The van der Waals surface area contributed by atoms with Gasteiger partial charge in [0, 0.05) is 6.07 Å². The maximum absolute atomic E-state index is 10.6. The van der Waals surface area contributed by atoms with E-state index in [9.17, 15) is 14.9 Å². The van der Waals surface area contributed by atoms with Crippen molar-refractivity contribution >= 4 is 17.4 Å². The lowest BCUT2D eigenvalue weighted by Crippen LogP contribution is -2.34. The molecule has 18 heavy (non-hydrogen) atoms. The SMILES string of the molecule is N#Cc1nc(NCC(O)C(N)=O)ccc1[N+](=O)[O-]. The summed E-state index contributed by atoms with van der Waals surface area (Å²) in [5.41, 5.74) is 4.05. The molecule has 0 aliphatic heterocycles. The summed E-state index contributed by atoms with van der Waals surface area (Å²) in [6.45, 7) is -0.203. The van der Waals surface area contributed by atoms with E-state index in [-0.39, 0.29) is 18.1 Å².